The Hall–Kier alpha value is -3.77. The van der Waals surface area contributed by atoms with E-state index in [-0.39, 0.29) is 11.7 Å². The molecule has 166 valence electrons. The summed E-state index contributed by atoms with van der Waals surface area (Å²) in [5, 5.41) is 15.6. The Kier molecular flexibility index (Phi) is 5.75. The fourth-order valence-corrected chi connectivity index (χ4v) is 4.24. The normalized spacial score (nSPS) is 13.8. The van der Waals surface area contributed by atoms with E-state index in [9.17, 15) is 9.90 Å². The molecule has 1 amide bonds. The van der Waals surface area contributed by atoms with Crippen LogP contribution in [0.1, 0.15) is 10.4 Å². The van der Waals surface area contributed by atoms with Crippen LogP contribution in [0, 0.1) is 0 Å². The van der Waals surface area contributed by atoms with Crippen LogP contribution < -0.4 is 4.90 Å². The minimum absolute atomic E-state index is 0.0564. The van der Waals surface area contributed by atoms with Crippen molar-refractivity contribution in [3.63, 3.8) is 0 Å². The number of benzene rings is 3. The van der Waals surface area contributed by atoms with Crippen molar-refractivity contribution in [2.45, 2.75) is 0 Å². The van der Waals surface area contributed by atoms with Gasteiger partial charge in [0, 0.05) is 43.0 Å². The molecular formula is C26H23ClN4O2. The molecular weight excluding hydrogens is 436 g/mol. The number of aromatic nitrogens is 2. The highest BCUT2D eigenvalue weighted by Crippen LogP contribution is 2.29. The number of halogens is 1. The lowest BCUT2D eigenvalue weighted by atomic mass is 10.1. The fraction of sp³-hybridized carbons (Fsp3) is 0.154. The van der Waals surface area contributed by atoms with Crippen LogP contribution in [0.3, 0.4) is 0 Å². The summed E-state index contributed by atoms with van der Waals surface area (Å²) in [4.78, 5) is 17.5. The molecule has 3 aromatic carbocycles. The number of hydrogen-bond donors (Lipinski definition) is 1. The quantitative estimate of drug-likeness (QED) is 0.474. The Bertz CT molecular complexity index is 1260. The van der Waals surface area contributed by atoms with Crippen LogP contribution in [0.2, 0.25) is 5.02 Å². The third-order valence-corrected chi connectivity index (χ3v) is 6.12. The summed E-state index contributed by atoms with van der Waals surface area (Å²) in [5.74, 6) is 0.200. The number of rotatable bonds is 4. The predicted octanol–water partition coefficient (Wildman–Crippen LogP) is 4.86. The third kappa shape index (κ3) is 4.30. The summed E-state index contributed by atoms with van der Waals surface area (Å²) < 4.78 is 1.75. The fourth-order valence-electron chi connectivity index (χ4n) is 4.12. The molecule has 1 aromatic heterocycles. The number of para-hydroxylation sites is 3. The van der Waals surface area contributed by atoms with E-state index >= 15 is 0 Å². The first-order chi connectivity index (χ1) is 16.1. The van der Waals surface area contributed by atoms with Gasteiger partial charge >= 0.3 is 0 Å². The molecule has 1 N–H and O–H groups in total. The van der Waals surface area contributed by atoms with E-state index in [4.69, 9.17) is 16.7 Å². The smallest absolute Gasteiger partial charge is 0.257 e. The summed E-state index contributed by atoms with van der Waals surface area (Å²) >= 11 is 6.08. The van der Waals surface area contributed by atoms with Gasteiger partial charge in [0.25, 0.3) is 5.91 Å². The van der Waals surface area contributed by atoms with Gasteiger partial charge in [0.1, 0.15) is 11.4 Å². The molecule has 1 fully saturated rings. The second kappa shape index (κ2) is 9.00. The van der Waals surface area contributed by atoms with E-state index in [0.29, 0.717) is 42.5 Å². The maximum atomic E-state index is 13.6. The minimum Gasteiger partial charge on any atom is -0.506 e. The summed E-state index contributed by atoms with van der Waals surface area (Å²) in [6.45, 7) is 2.41. The van der Waals surface area contributed by atoms with Crippen molar-refractivity contribution in [3.05, 3.63) is 95.6 Å². The molecule has 1 aliphatic heterocycles. The molecule has 0 unspecified atom stereocenters. The Morgan fingerprint density at radius 3 is 2.21 bits per heavy atom. The number of piperazine rings is 1. The molecule has 0 radical (unpaired) electrons. The molecule has 2 heterocycles. The number of aromatic hydroxyl groups is 1. The van der Waals surface area contributed by atoms with Gasteiger partial charge in [0.2, 0.25) is 0 Å². The molecule has 0 spiro atoms. The average molecular weight is 459 g/mol. The number of anilines is 1. The number of nitrogens with zero attached hydrogens (tertiary/aromatic N) is 4. The van der Waals surface area contributed by atoms with E-state index in [0.717, 1.165) is 16.9 Å². The molecule has 1 saturated heterocycles. The minimum atomic E-state index is -0.0564. The van der Waals surface area contributed by atoms with E-state index in [2.05, 4.69) is 4.90 Å². The predicted molar refractivity (Wildman–Crippen MR) is 130 cm³/mol. The maximum absolute atomic E-state index is 13.6. The summed E-state index contributed by atoms with van der Waals surface area (Å²) in [6.07, 6.45) is 1.80. The van der Waals surface area contributed by atoms with Gasteiger partial charge in [-0.05, 0) is 36.4 Å². The molecule has 7 heteroatoms. The largest absolute Gasteiger partial charge is 0.506 e. The van der Waals surface area contributed by atoms with Gasteiger partial charge in [-0.15, -0.1) is 0 Å². The summed E-state index contributed by atoms with van der Waals surface area (Å²) in [5.41, 5.74) is 3.70. The average Bonchev–Trinajstić information content (AvgIpc) is 3.31. The zero-order valence-electron chi connectivity index (χ0n) is 17.9. The molecule has 33 heavy (non-hydrogen) atoms. The molecule has 5 rings (SSSR count). The number of phenolic OH excluding ortho intramolecular Hbond substituents is 1. The monoisotopic (exact) mass is 458 g/mol. The number of phenols is 1. The van der Waals surface area contributed by atoms with Gasteiger partial charge < -0.3 is 14.9 Å². The van der Waals surface area contributed by atoms with Crippen molar-refractivity contribution < 1.29 is 9.90 Å². The van der Waals surface area contributed by atoms with Gasteiger partial charge in [-0.25, -0.2) is 4.68 Å². The molecule has 0 bridgehead atoms. The van der Waals surface area contributed by atoms with Crippen LogP contribution in [0.5, 0.6) is 5.75 Å². The molecule has 6 nitrogen and oxygen atoms in total. The molecule has 4 aromatic rings. The third-order valence-electron chi connectivity index (χ3n) is 5.87. The molecule has 0 aliphatic carbocycles. The zero-order chi connectivity index (χ0) is 22.8. The first-order valence-electron chi connectivity index (χ1n) is 10.8. The molecule has 0 saturated carbocycles. The lowest BCUT2D eigenvalue weighted by Gasteiger charge is -2.36. The van der Waals surface area contributed by atoms with Gasteiger partial charge in [-0.1, -0.05) is 54.1 Å². The van der Waals surface area contributed by atoms with Crippen LogP contribution in [0.4, 0.5) is 5.69 Å². The van der Waals surface area contributed by atoms with Crippen molar-refractivity contribution in [2.75, 3.05) is 31.1 Å². The van der Waals surface area contributed by atoms with Crippen molar-refractivity contribution in [1.82, 2.24) is 14.7 Å². The van der Waals surface area contributed by atoms with Gasteiger partial charge in [0.05, 0.1) is 16.9 Å². The maximum Gasteiger partial charge on any atom is 0.257 e. The first-order valence-corrected chi connectivity index (χ1v) is 11.2. The van der Waals surface area contributed by atoms with Crippen molar-refractivity contribution in [3.8, 4) is 22.7 Å². The number of hydrogen-bond acceptors (Lipinski definition) is 4. The Morgan fingerprint density at radius 2 is 1.52 bits per heavy atom. The van der Waals surface area contributed by atoms with E-state index in [1.54, 1.807) is 35.1 Å². The van der Waals surface area contributed by atoms with Crippen LogP contribution in [-0.4, -0.2) is 51.9 Å². The standard InChI is InChI=1S/C26H23ClN4O2/c27-20-12-10-19(11-13-20)25-22(18-31(28-25)21-6-2-1-3-7-21)26(33)30-16-14-29(15-17-30)23-8-4-5-9-24(23)32/h1-13,18,32H,14-17H2. The Morgan fingerprint density at radius 1 is 0.848 bits per heavy atom. The van der Waals surface area contributed by atoms with Crippen LogP contribution in [0.15, 0.2) is 85.1 Å². The lowest BCUT2D eigenvalue weighted by Crippen LogP contribution is -2.48. The summed E-state index contributed by atoms with van der Waals surface area (Å²) in [6, 6.07) is 24.4. The highest BCUT2D eigenvalue weighted by molar-refractivity contribution is 6.30. The van der Waals surface area contributed by atoms with Crippen molar-refractivity contribution >= 4 is 23.2 Å². The molecule has 1 aliphatic rings. The summed E-state index contributed by atoms with van der Waals surface area (Å²) in [7, 11) is 0. The van der Waals surface area contributed by atoms with Crippen molar-refractivity contribution in [1.29, 1.82) is 0 Å². The van der Waals surface area contributed by atoms with Crippen LogP contribution in [-0.2, 0) is 0 Å². The molecule has 0 atom stereocenters. The lowest BCUT2D eigenvalue weighted by molar-refractivity contribution is 0.0747. The number of amides is 1. The van der Waals surface area contributed by atoms with Gasteiger partial charge in [-0.2, -0.15) is 5.10 Å². The highest BCUT2D eigenvalue weighted by atomic mass is 35.5. The zero-order valence-corrected chi connectivity index (χ0v) is 18.7. The van der Waals surface area contributed by atoms with E-state index < -0.39 is 0 Å². The van der Waals surface area contributed by atoms with E-state index in [1.165, 1.54) is 0 Å². The number of carbonyl (C=O) groups excluding carboxylic acids is 1. The SMILES string of the molecule is O=C(c1cn(-c2ccccc2)nc1-c1ccc(Cl)cc1)N1CCN(c2ccccc2O)CC1. The van der Waals surface area contributed by atoms with Crippen LogP contribution >= 0.6 is 11.6 Å². The topological polar surface area (TPSA) is 61.6 Å². The number of carbonyl (C=O) groups is 1. The van der Waals surface area contributed by atoms with E-state index in [1.807, 2.05) is 59.5 Å². The Labute approximate surface area is 197 Å². The second-order valence-corrected chi connectivity index (χ2v) is 8.38. The van der Waals surface area contributed by atoms with Gasteiger partial charge in [-0.3, -0.25) is 4.79 Å². The second-order valence-electron chi connectivity index (χ2n) is 7.95. The van der Waals surface area contributed by atoms with Crippen LogP contribution in [0.25, 0.3) is 16.9 Å². The Balaban J connectivity index is 1.43. The highest BCUT2D eigenvalue weighted by Gasteiger charge is 2.27. The first kappa shape index (κ1) is 21.1. The van der Waals surface area contributed by atoms with Crippen molar-refractivity contribution in [2.24, 2.45) is 0 Å². The van der Waals surface area contributed by atoms with Gasteiger partial charge in [0.15, 0.2) is 0 Å².